The highest BCUT2D eigenvalue weighted by molar-refractivity contribution is 6.04. The van der Waals surface area contributed by atoms with Crippen LogP contribution in [0.2, 0.25) is 0 Å². The molecule has 146 valence electrons. The lowest BCUT2D eigenvalue weighted by Gasteiger charge is -2.38. The summed E-state index contributed by atoms with van der Waals surface area (Å²) in [5.74, 6) is 1.72. The third-order valence-electron chi connectivity index (χ3n) is 5.58. The normalized spacial score (nSPS) is 19.8. The first kappa shape index (κ1) is 17.6. The van der Waals surface area contributed by atoms with Crippen LogP contribution < -0.4 is 9.47 Å². The Morgan fingerprint density at radius 3 is 2.59 bits per heavy atom. The minimum absolute atomic E-state index is 0.00904. The van der Waals surface area contributed by atoms with E-state index < -0.39 is 0 Å². The van der Waals surface area contributed by atoms with E-state index in [-0.39, 0.29) is 18.0 Å². The van der Waals surface area contributed by atoms with Crippen molar-refractivity contribution >= 4 is 5.71 Å². The Balaban J connectivity index is 1.63. The summed E-state index contributed by atoms with van der Waals surface area (Å²) in [7, 11) is 1.66. The maximum Gasteiger partial charge on any atom is 0.214 e. The average molecular weight is 386 g/mol. The maximum absolute atomic E-state index is 10.3. The van der Waals surface area contributed by atoms with E-state index in [2.05, 4.69) is 37.3 Å². The molecule has 3 aromatic carbocycles. The van der Waals surface area contributed by atoms with E-state index in [1.807, 2.05) is 35.3 Å². The summed E-state index contributed by atoms with van der Waals surface area (Å²) in [4.78, 5) is 0. The van der Waals surface area contributed by atoms with Gasteiger partial charge in [0, 0.05) is 23.1 Å². The van der Waals surface area contributed by atoms with E-state index in [1.54, 1.807) is 13.2 Å². The van der Waals surface area contributed by atoms with Gasteiger partial charge in [-0.1, -0.05) is 54.1 Å². The fourth-order valence-electron chi connectivity index (χ4n) is 4.08. The molecule has 0 radical (unpaired) electrons. The number of benzene rings is 3. The molecule has 29 heavy (non-hydrogen) atoms. The van der Waals surface area contributed by atoms with E-state index in [0.29, 0.717) is 6.42 Å². The minimum atomic E-state index is -0.368. The largest absolute Gasteiger partial charge is 0.507 e. The third kappa shape index (κ3) is 2.90. The van der Waals surface area contributed by atoms with Gasteiger partial charge in [0.05, 0.1) is 18.9 Å². The smallest absolute Gasteiger partial charge is 0.214 e. The van der Waals surface area contributed by atoms with E-state index in [4.69, 9.17) is 14.6 Å². The second kappa shape index (κ2) is 6.85. The van der Waals surface area contributed by atoms with E-state index in [9.17, 15) is 5.11 Å². The van der Waals surface area contributed by atoms with E-state index in [0.717, 1.165) is 33.9 Å². The van der Waals surface area contributed by atoms with Gasteiger partial charge in [-0.25, -0.2) is 5.01 Å². The summed E-state index contributed by atoms with van der Waals surface area (Å²) in [6.45, 7) is 2.07. The molecular weight excluding hydrogens is 364 g/mol. The number of rotatable bonds is 3. The van der Waals surface area contributed by atoms with Crippen LogP contribution >= 0.6 is 0 Å². The molecule has 2 unspecified atom stereocenters. The number of nitrogens with zero attached hydrogens (tertiary/aromatic N) is 2. The topological polar surface area (TPSA) is 54.3 Å². The maximum atomic E-state index is 10.3. The van der Waals surface area contributed by atoms with Crippen LogP contribution in [0.25, 0.3) is 0 Å². The Hall–Kier alpha value is -3.47. The number of hydrogen-bond donors (Lipinski definition) is 1. The molecule has 0 bridgehead atoms. The van der Waals surface area contributed by atoms with Gasteiger partial charge in [0.1, 0.15) is 5.75 Å². The molecular formula is C24H22N2O3. The number of para-hydroxylation sites is 2. The number of aryl methyl sites for hydroxylation is 1. The van der Waals surface area contributed by atoms with Gasteiger partial charge in [-0.05, 0) is 25.1 Å². The highest BCUT2D eigenvalue weighted by Gasteiger charge is 2.42. The number of ether oxygens (including phenoxy) is 2. The molecule has 1 N–H and O–H groups in total. The average Bonchev–Trinajstić information content (AvgIpc) is 3.19. The van der Waals surface area contributed by atoms with Crippen molar-refractivity contribution in [1.82, 2.24) is 5.01 Å². The van der Waals surface area contributed by atoms with Crippen LogP contribution in [0, 0.1) is 6.92 Å². The highest BCUT2D eigenvalue weighted by atomic mass is 16.5. The molecule has 0 saturated carbocycles. The SMILES string of the molecule is COc1cccc2c1OC(c1ccc(C)cc1)N1N=C(c3ccccc3O)CC21. The van der Waals surface area contributed by atoms with Crippen LogP contribution in [0.3, 0.4) is 0 Å². The summed E-state index contributed by atoms with van der Waals surface area (Å²) >= 11 is 0. The van der Waals surface area contributed by atoms with Crippen LogP contribution in [0.15, 0.2) is 71.8 Å². The molecule has 2 atom stereocenters. The number of phenolic OH excluding ortho intramolecular Hbond substituents is 1. The third-order valence-corrected chi connectivity index (χ3v) is 5.58. The molecule has 3 aromatic rings. The monoisotopic (exact) mass is 386 g/mol. The van der Waals surface area contributed by atoms with Crippen molar-refractivity contribution in [2.24, 2.45) is 5.10 Å². The standard InChI is InChI=1S/C24H22N2O3/c1-15-10-12-16(13-11-15)24-26-20(18-7-5-9-22(28-2)23(18)29-24)14-19(25-26)17-6-3-4-8-21(17)27/h3-13,20,24,27H,14H2,1-2H3. The van der Waals surface area contributed by atoms with Gasteiger partial charge in [0.15, 0.2) is 11.5 Å². The van der Waals surface area contributed by atoms with Gasteiger partial charge in [0.25, 0.3) is 0 Å². The second-order valence-corrected chi connectivity index (χ2v) is 7.42. The lowest BCUT2D eigenvalue weighted by molar-refractivity contribution is -0.0209. The van der Waals surface area contributed by atoms with Crippen LogP contribution in [0.1, 0.15) is 40.9 Å². The van der Waals surface area contributed by atoms with Crippen LogP contribution in [-0.4, -0.2) is 22.9 Å². The second-order valence-electron chi connectivity index (χ2n) is 7.42. The summed E-state index contributed by atoms with van der Waals surface area (Å²) in [5.41, 5.74) is 4.87. The number of fused-ring (bicyclic) bond motifs is 3. The Morgan fingerprint density at radius 2 is 1.83 bits per heavy atom. The van der Waals surface area contributed by atoms with Gasteiger partial charge >= 0.3 is 0 Å². The van der Waals surface area contributed by atoms with E-state index in [1.165, 1.54) is 5.56 Å². The number of hydrazone groups is 1. The number of aromatic hydroxyl groups is 1. The Kier molecular flexibility index (Phi) is 4.16. The molecule has 0 fully saturated rings. The molecule has 2 heterocycles. The van der Waals surface area contributed by atoms with Crippen LogP contribution in [0.5, 0.6) is 17.2 Å². The molecule has 0 amide bonds. The quantitative estimate of drug-likeness (QED) is 0.692. The van der Waals surface area contributed by atoms with Gasteiger partial charge in [-0.15, -0.1) is 0 Å². The molecule has 0 aliphatic carbocycles. The fourth-order valence-corrected chi connectivity index (χ4v) is 4.08. The van der Waals surface area contributed by atoms with Crippen molar-refractivity contribution in [2.45, 2.75) is 25.6 Å². The first-order chi connectivity index (χ1) is 14.2. The number of hydrogen-bond acceptors (Lipinski definition) is 5. The van der Waals surface area contributed by atoms with Crippen molar-refractivity contribution in [2.75, 3.05) is 7.11 Å². The van der Waals surface area contributed by atoms with Gasteiger partial charge < -0.3 is 14.6 Å². The number of phenols is 1. The highest BCUT2D eigenvalue weighted by Crippen LogP contribution is 2.50. The van der Waals surface area contributed by atoms with Crippen LogP contribution in [-0.2, 0) is 0 Å². The predicted molar refractivity (Wildman–Crippen MR) is 111 cm³/mol. The van der Waals surface area contributed by atoms with Crippen molar-refractivity contribution in [1.29, 1.82) is 0 Å². The zero-order valence-corrected chi connectivity index (χ0v) is 16.4. The molecule has 5 rings (SSSR count). The minimum Gasteiger partial charge on any atom is -0.507 e. The Bertz CT molecular complexity index is 1090. The predicted octanol–water partition coefficient (Wildman–Crippen LogP) is 4.95. The Morgan fingerprint density at radius 1 is 1.03 bits per heavy atom. The molecule has 0 saturated heterocycles. The zero-order chi connectivity index (χ0) is 20.0. The molecule has 0 aromatic heterocycles. The molecule has 0 spiro atoms. The Labute approximate surface area is 169 Å². The van der Waals surface area contributed by atoms with E-state index >= 15 is 0 Å². The van der Waals surface area contributed by atoms with Crippen molar-refractivity contribution in [3.63, 3.8) is 0 Å². The van der Waals surface area contributed by atoms with Gasteiger partial charge in [-0.2, -0.15) is 5.10 Å². The number of methoxy groups -OCH3 is 1. The van der Waals surface area contributed by atoms with Crippen molar-refractivity contribution < 1.29 is 14.6 Å². The fraction of sp³-hybridized carbons (Fsp3) is 0.208. The summed E-state index contributed by atoms with van der Waals surface area (Å²) < 4.78 is 12.0. The molecule has 2 aliphatic rings. The van der Waals surface area contributed by atoms with Crippen molar-refractivity contribution in [3.05, 3.63) is 89.0 Å². The molecule has 5 heteroatoms. The summed E-state index contributed by atoms with van der Waals surface area (Å²) in [5, 5.41) is 17.3. The van der Waals surface area contributed by atoms with Crippen molar-refractivity contribution in [3.8, 4) is 17.2 Å². The summed E-state index contributed by atoms with van der Waals surface area (Å²) in [6.07, 6.45) is 0.316. The van der Waals surface area contributed by atoms with Crippen LogP contribution in [0.4, 0.5) is 0 Å². The first-order valence-corrected chi connectivity index (χ1v) is 9.70. The van der Waals surface area contributed by atoms with Gasteiger partial charge in [0.2, 0.25) is 6.23 Å². The molecule has 2 aliphatic heterocycles. The molecule has 5 nitrogen and oxygen atoms in total. The zero-order valence-electron chi connectivity index (χ0n) is 16.4. The summed E-state index contributed by atoms with van der Waals surface area (Å²) in [6, 6.07) is 21.6. The lowest BCUT2D eigenvalue weighted by Crippen LogP contribution is -2.33. The lowest BCUT2D eigenvalue weighted by atomic mass is 9.95. The van der Waals surface area contributed by atoms with Gasteiger partial charge in [-0.3, -0.25) is 0 Å². The first-order valence-electron chi connectivity index (χ1n) is 9.70.